The van der Waals surface area contributed by atoms with E-state index >= 15 is 0 Å². The number of anilines is 2. The maximum Gasteiger partial charge on any atom is 0.150 e. The third-order valence-electron chi connectivity index (χ3n) is 5.22. The van der Waals surface area contributed by atoms with Gasteiger partial charge in [0.05, 0.1) is 22.3 Å². The van der Waals surface area contributed by atoms with Crippen molar-refractivity contribution >= 4 is 39.7 Å². The summed E-state index contributed by atoms with van der Waals surface area (Å²) in [6.07, 6.45) is 4.41. The average Bonchev–Trinajstić information content (AvgIpc) is 3.38. The van der Waals surface area contributed by atoms with E-state index < -0.39 is 0 Å². The molecule has 5 nitrogen and oxygen atoms in total. The van der Waals surface area contributed by atoms with Crippen LogP contribution in [-0.4, -0.2) is 20.9 Å². The summed E-state index contributed by atoms with van der Waals surface area (Å²) in [6.45, 7) is 3.05. The van der Waals surface area contributed by atoms with Gasteiger partial charge in [0.25, 0.3) is 0 Å². The predicted molar refractivity (Wildman–Crippen MR) is 111 cm³/mol. The number of hydrogen-bond acceptors (Lipinski definition) is 4. The molecule has 0 radical (unpaired) electrons. The van der Waals surface area contributed by atoms with Crippen molar-refractivity contribution in [2.45, 2.75) is 19.8 Å². The maximum absolute atomic E-state index is 6.52. The third-order valence-corrected chi connectivity index (χ3v) is 5.53. The molecule has 0 atom stereocenters. The summed E-state index contributed by atoms with van der Waals surface area (Å²) in [4.78, 5) is 9.21. The quantitative estimate of drug-likeness (QED) is 0.530. The van der Waals surface area contributed by atoms with Crippen molar-refractivity contribution in [2.75, 3.05) is 17.6 Å². The number of imidazole rings is 1. The molecule has 0 saturated heterocycles. The summed E-state index contributed by atoms with van der Waals surface area (Å²) in [7, 11) is 0. The molecular weight excluding hydrogens is 358 g/mol. The number of aromatic nitrogens is 3. The summed E-state index contributed by atoms with van der Waals surface area (Å²) >= 11 is 6.52. The lowest BCUT2D eigenvalue weighted by Gasteiger charge is -2.12. The van der Waals surface area contributed by atoms with Crippen molar-refractivity contribution in [3.63, 3.8) is 0 Å². The zero-order valence-electron chi connectivity index (χ0n) is 15.0. The number of nitrogens with zero attached hydrogens (tertiary/aromatic N) is 3. The molecule has 27 heavy (non-hydrogen) atoms. The number of halogens is 1. The number of aryl methyl sites for hydroxylation is 1. The van der Waals surface area contributed by atoms with E-state index in [-0.39, 0.29) is 0 Å². The molecule has 2 aromatic carbocycles. The van der Waals surface area contributed by atoms with Crippen LogP contribution in [0.4, 0.5) is 11.5 Å². The first-order valence-electron chi connectivity index (χ1n) is 9.18. The van der Waals surface area contributed by atoms with Gasteiger partial charge in [0.2, 0.25) is 0 Å². The van der Waals surface area contributed by atoms with Crippen LogP contribution >= 0.6 is 11.6 Å². The first-order valence-corrected chi connectivity index (χ1v) is 9.55. The van der Waals surface area contributed by atoms with Gasteiger partial charge in [0.15, 0.2) is 0 Å². The molecule has 0 amide bonds. The fourth-order valence-corrected chi connectivity index (χ4v) is 3.85. The van der Waals surface area contributed by atoms with Gasteiger partial charge in [-0.3, -0.25) is 4.40 Å². The molecule has 2 aromatic heterocycles. The predicted octanol–water partition coefficient (Wildman–Crippen LogP) is 4.92. The SMILES string of the molecule is Cc1cccc(Cl)c1-c1ncc2c(N)nc3ccc(NCC4CC4)cc3n12. The van der Waals surface area contributed by atoms with Gasteiger partial charge >= 0.3 is 0 Å². The first-order chi connectivity index (χ1) is 13.1. The van der Waals surface area contributed by atoms with Crippen LogP contribution in [0.15, 0.2) is 42.6 Å². The Bertz CT molecular complexity index is 1160. The molecule has 0 spiro atoms. The second-order valence-corrected chi connectivity index (χ2v) is 7.67. The van der Waals surface area contributed by atoms with Gasteiger partial charge in [0, 0.05) is 17.8 Å². The van der Waals surface area contributed by atoms with Gasteiger partial charge in [-0.05, 0) is 55.5 Å². The van der Waals surface area contributed by atoms with Crippen molar-refractivity contribution in [3.05, 3.63) is 53.2 Å². The molecule has 5 rings (SSSR count). The Balaban J connectivity index is 1.76. The van der Waals surface area contributed by atoms with Crippen LogP contribution < -0.4 is 11.1 Å². The number of benzene rings is 2. The minimum Gasteiger partial charge on any atom is -0.385 e. The highest BCUT2D eigenvalue weighted by Gasteiger charge is 2.21. The Morgan fingerprint density at radius 2 is 2.07 bits per heavy atom. The summed E-state index contributed by atoms with van der Waals surface area (Å²) in [5.74, 6) is 2.05. The van der Waals surface area contributed by atoms with E-state index in [9.17, 15) is 0 Å². The molecule has 3 N–H and O–H groups in total. The first kappa shape index (κ1) is 16.4. The Hall–Kier alpha value is -2.79. The molecule has 0 unspecified atom stereocenters. The van der Waals surface area contributed by atoms with Gasteiger partial charge < -0.3 is 11.1 Å². The van der Waals surface area contributed by atoms with Gasteiger partial charge in [-0.15, -0.1) is 0 Å². The second kappa shape index (κ2) is 6.13. The van der Waals surface area contributed by atoms with E-state index in [1.54, 1.807) is 6.20 Å². The van der Waals surface area contributed by atoms with Crippen molar-refractivity contribution in [3.8, 4) is 11.4 Å². The van der Waals surface area contributed by atoms with Gasteiger partial charge in [-0.25, -0.2) is 9.97 Å². The molecular formula is C21H20ClN5. The Labute approximate surface area is 162 Å². The Morgan fingerprint density at radius 3 is 2.85 bits per heavy atom. The Morgan fingerprint density at radius 1 is 1.22 bits per heavy atom. The second-order valence-electron chi connectivity index (χ2n) is 7.26. The average molecular weight is 378 g/mol. The molecule has 1 fully saturated rings. The largest absolute Gasteiger partial charge is 0.385 e. The van der Waals surface area contributed by atoms with Gasteiger partial charge in [0.1, 0.15) is 17.2 Å². The number of nitrogens with one attached hydrogen (secondary N) is 1. The van der Waals surface area contributed by atoms with Crippen LogP contribution in [0, 0.1) is 12.8 Å². The van der Waals surface area contributed by atoms with E-state index in [1.165, 1.54) is 12.8 Å². The molecule has 1 saturated carbocycles. The van der Waals surface area contributed by atoms with Crippen LogP contribution in [0.5, 0.6) is 0 Å². The smallest absolute Gasteiger partial charge is 0.150 e. The fourth-order valence-electron chi connectivity index (χ4n) is 3.55. The molecule has 0 aliphatic heterocycles. The van der Waals surface area contributed by atoms with E-state index in [2.05, 4.69) is 31.8 Å². The van der Waals surface area contributed by atoms with Crippen molar-refractivity contribution in [1.29, 1.82) is 0 Å². The van der Waals surface area contributed by atoms with E-state index in [0.717, 1.165) is 51.7 Å². The molecule has 136 valence electrons. The summed E-state index contributed by atoms with van der Waals surface area (Å²) in [5, 5.41) is 4.21. The molecule has 1 aliphatic rings. The normalized spacial score (nSPS) is 14.1. The topological polar surface area (TPSA) is 68.2 Å². The molecule has 1 aliphatic carbocycles. The highest BCUT2D eigenvalue weighted by molar-refractivity contribution is 6.33. The fraction of sp³-hybridized carbons (Fsp3) is 0.238. The van der Waals surface area contributed by atoms with Crippen LogP contribution in [-0.2, 0) is 0 Å². The summed E-state index contributed by atoms with van der Waals surface area (Å²) in [5.41, 5.74) is 11.9. The molecule has 6 heteroatoms. The monoisotopic (exact) mass is 377 g/mol. The number of rotatable bonds is 4. The lowest BCUT2D eigenvalue weighted by molar-refractivity contribution is 0.889. The third kappa shape index (κ3) is 2.79. The van der Waals surface area contributed by atoms with Gasteiger partial charge in [-0.2, -0.15) is 0 Å². The van der Waals surface area contributed by atoms with Gasteiger partial charge in [-0.1, -0.05) is 23.7 Å². The lowest BCUT2D eigenvalue weighted by atomic mass is 10.1. The van der Waals surface area contributed by atoms with Crippen molar-refractivity contribution in [1.82, 2.24) is 14.4 Å². The van der Waals surface area contributed by atoms with Crippen LogP contribution in [0.1, 0.15) is 18.4 Å². The number of fused-ring (bicyclic) bond motifs is 3. The van der Waals surface area contributed by atoms with Crippen LogP contribution in [0.3, 0.4) is 0 Å². The van der Waals surface area contributed by atoms with Crippen molar-refractivity contribution < 1.29 is 0 Å². The molecule has 2 heterocycles. The van der Waals surface area contributed by atoms with Crippen molar-refractivity contribution in [2.24, 2.45) is 5.92 Å². The highest BCUT2D eigenvalue weighted by Crippen LogP contribution is 2.34. The number of nitrogen functional groups attached to an aromatic ring is 1. The standard InChI is InChI=1S/C21H20ClN5/c1-12-3-2-4-15(22)19(12)21-25-11-18-20(23)26-16-8-7-14(9-17(16)27(18)21)24-10-13-5-6-13/h2-4,7-9,11,13,24H,5-6,10H2,1H3,(H2,23,26). The molecule has 0 bridgehead atoms. The van der Waals surface area contributed by atoms with Crippen LogP contribution in [0.2, 0.25) is 5.02 Å². The zero-order chi connectivity index (χ0) is 18.5. The number of hydrogen-bond donors (Lipinski definition) is 2. The zero-order valence-corrected chi connectivity index (χ0v) is 15.8. The minimum absolute atomic E-state index is 0.463. The minimum atomic E-state index is 0.463. The van der Waals surface area contributed by atoms with E-state index in [4.69, 9.17) is 17.3 Å². The summed E-state index contributed by atoms with van der Waals surface area (Å²) in [6, 6.07) is 12.1. The Kier molecular flexibility index (Phi) is 3.72. The number of nitrogens with two attached hydrogens (primary N) is 1. The van der Waals surface area contributed by atoms with E-state index in [1.807, 2.05) is 31.2 Å². The maximum atomic E-state index is 6.52. The molecule has 4 aromatic rings. The highest BCUT2D eigenvalue weighted by atomic mass is 35.5. The summed E-state index contributed by atoms with van der Waals surface area (Å²) < 4.78 is 2.06. The van der Waals surface area contributed by atoms with Crippen LogP contribution in [0.25, 0.3) is 27.9 Å². The van der Waals surface area contributed by atoms with E-state index in [0.29, 0.717) is 10.8 Å². The lowest BCUT2D eigenvalue weighted by Crippen LogP contribution is -2.05.